The highest BCUT2D eigenvalue weighted by Gasteiger charge is 2.30. The number of anilines is 1. The number of hydrogen-bond donors (Lipinski definition) is 2. The Morgan fingerprint density at radius 3 is 2.43 bits per heavy atom. The third-order valence-electron chi connectivity index (χ3n) is 4.56. The number of alkyl halides is 3. The van der Waals surface area contributed by atoms with E-state index in [2.05, 4.69) is 15.0 Å². The summed E-state index contributed by atoms with van der Waals surface area (Å²) in [5.41, 5.74) is 5.93. The second-order valence-electron chi connectivity index (χ2n) is 7.75. The molecule has 2 amide bonds. The average Bonchev–Trinajstić information content (AvgIpc) is 3.14. The standard InChI is InChI=1S/C22H20F3N5O6S/c1-29(2)10-14-17(19(31)28-15-4-3-5-16(27-15)35-11-22(23,24)25)20(36-21(26)32)37-18(14)12-6-8-13(9-7-12)30(33)34/h3-9H,10-11H2,1-2H3,(H2,26,32)(H,27,28,31). The number of nitro groups is 1. The second-order valence-corrected chi connectivity index (χ2v) is 8.74. The van der Waals surface area contributed by atoms with Crippen LogP contribution in [0.3, 0.4) is 0 Å². The summed E-state index contributed by atoms with van der Waals surface area (Å²) < 4.78 is 47.1. The van der Waals surface area contributed by atoms with Gasteiger partial charge in [0.05, 0.1) is 10.5 Å². The summed E-state index contributed by atoms with van der Waals surface area (Å²) in [4.78, 5) is 41.4. The van der Waals surface area contributed by atoms with Crippen molar-refractivity contribution >= 4 is 34.8 Å². The fourth-order valence-electron chi connectivity index (χ4n) is 3.17. The molecule has 3 aromatic rings. The Morgan fingerprint density at radius 1 is 1.19 bits per heavy atom. The van der Waals surface area contributed by atoms with E-state index in [1.165, 1.54) is 42.5 Å². The molecule has 2 heterocycles. The van der Waals surface area contributed by atoms with E-state index in [4.69, 9.17) is 10.5 Å². The molecule has 0 bridgehead atoms. The van der Waals surface area contributed by atoms with Crippen molar-refractivity contribution in [2.45, 2.75) is 12.7 Å². The number of non-ortho nitro benzene ring substituents is 1. The van der Waals surface area contributed by atoms with Crippen molar-refractivity contribution in [1.29, 1.82) is 0 Å². The fourth-order valence-corrected chi connectivity index (χ4v) is 4.34. The van der Waals surface area contributed by atoms with E-state index in [1.807, 2.05) is 0 Å². The van der Waals surface area contributed by atoms with Crippen LogP contribution in [0.2, 0.25) is 0 Å². The third-order valence-corrected chi connectivity index (χ3v) is 5.72. The maximum Gasteiger partial charge on any atom is 0.422 e. The number of carbonyl (C=O) groups excluding carboxylic acids is 2. The maximum atomic E-state index is 13.3. The van der Waals surface area contributed by atoms with Gasteiger partial charge in [-0.05, 0) is 37.9 Å². The van der Waals surface area contributed by atoms with E-state index in [1.54, 1.807) is 19.0 Å². The zero-order valence-electron chi connectivity index (χ0n) is 19.4. The van der Waals surface area contributed by atoms with Crippen molar-refractivity contribution in [2.75, 3.05) is 26.0 Å². The van der Waals surface area contributed by atoms with Crippen LogP contribution in [0.15, 0.2) is 42.5 Å². The minimum absolute atomic E-state index is 0.0609. The third kappa shape index (κ3) is 7.37. The Morgan fingerprint density at radius 2 is 1.86 bits per heavy atom. The normalized spacial score (nSPS) is 11.3. The highest BCUT2D eigenvalue weighted by molar-refractivity contribution is 7.18. The molecule has 1 aromatic carbocycles. The van der Waals surface area contributed by atoms with E-state index in [9.17, 15) is 32.9 Å². The predicted molar refractivity (Wildman–Crippen MR) is 128 cm³/mol. The summed E-state index contributed by atoms with van der Waals surface area (Å²) >= 11 is 0.926. The highest BCUT2D eigenvalue weighted by Crippen LogP contribution is 2.43. The van der Waals surface area contributed by atoms with Gasteiger partial charge in [0.2, 0.25) is 5.88 Å². The van der Waals surface area contributed by atoms with Gasteiger partial charge in [0.1, 0.15) is 5.82 Å². The quantitative estimate of drug-likeness (QED) is 0.300. The molecule has 0 saturated carbocycles. The number of aromatic nitrogens is 1. The Hall–Kier alpha value is -4.24. The molecule has 3 N–H and O–H groups in total. The molecule has 0 atom stereocenters. The van der Waals surface area contributed by atoms with Gasteiger partial charge in [0, 0.05) is 35.2 Å². The van der Waals surface area contributed by atoms with Gasteiger partial charge in [-0.3, -0.25) is 14.9 Å². The molecule has 196 valence electrons. The van der Waals surface area contributed by atoms with E-state index in [0.717, 1.165) is 11.3 Å². The van der Waals surface area contributed by atoms with Crippen LogP contribution < -0.4 is 20.5 Å². The van der Waals surface area contributed by atoms with E-state index >= 15 is 0 Å². The number of ether oxygens (including phenoxy) is 2. The fraction of sp³-hybridized carbons (Fsp3) is 0.227. The van der Waals surface area contributed by atoms with Crippen LogP contribution in [0.5, 0.6) is 10.9 Å². The summed E-state index contributed by atoms with van der Waals surface area (Å²) in [6.07, 6.45) is -5.75. The number of benzene rings is 1. The average molecular weight is 539 g/mol. The molecule has 2 aromatic heterocycles. The van der Waals surface area contributed by atoms with Gasteiger partial charge < -0.3 is 25.4 Å². The zero-order chi connectivity index (χ0) is 27.3. The summed E-state index contributed by atoms with van der Waals surface area (Å²) in [7, 11) is 3.47. The van der Waals surface area contributed by atoms with Crippen LogP contribution in [0.4, 0.5) is 29.5 Å². The number of nitrogens with two attached hydrogens (primary N) is 1. The minimum Gasteiger partial charge on any atom is -0.468 e. The van der Waals surface area contributed by atoms with Gasteiger partial charge in [0.15, 0.2) is 11.7 Å². The van der Waals surface area contributed by atoms with Gasteiger partial charge in [-0.1, -0.05) is 17.4 Å². The first kappa shape index (κ1) is 27.3. The lowest BCUT2D eigenvalue weighted by Crippen LogP contribution is -2.22. The number of amides is 2. The van der Waals surface area contributed by atoms with Crippen LogP contribution in [0.1, 0.15) is 15.9 Å². The molecule has 0 saturated heterocycles. The molecule has 0 aliphatic carbocycles. The lowest BCUT2D eigenvalue weighted by molar-refractivity contribution is -0.384. The first-order valence-corrected chi connectivity index (χ1v) is 11.2. The van der Waals surface area contributed by atoms with Crippen LogP contribution in [-0.4, -0.2) is 53.7 Å². The van der Waals surface area contributed by atoms with Gasteiger partial charge in [-0.25, -0.2) is 4.79 Å². The van der Waals surface area contributed by atoms with Crippen molar-refractivity contribution in [2.24, 2.45) is 5.73 Å². The Balaban J connectivity index is 2.02. The van der Waals surface area contributed by atoms with Gasteiger partial charge in [0.25, 0.3) is 11.6 Å². The van der Waals surface area contributed by atoms with Crippen molar-refractivity contribution in [1.82, 2.24) is 9.88 Å². The number of nitrogens with one attached hydrogen (secondary N) is 1. The molecule has 11 nitrogen and oxygen atoms in total. The lowest BCUT2D eigenvalue weighted by Gasteiger charge is -2.14. The molecule has 3 rings (SSSR count). The van der Waals surface area contributed by atoms with Crippen molar-refractivity contribution in [3.8, 4) is 21.4 Å². The Bertz CT molecular complexity index is 1310. The van der Waals surface area contributed by atoms with Crippen molar-refractivity contribution in [3.05, 3.63) is 63.7 Å². The lowest BCUT2D eigenvalue weighted by atomic mass is 10.0. The first-order chi connectivity index (χ1) is 17.3. The van der Waals surface area contributed by atoms with Crippen molar-refractivity contribution in [3.63, 3.8) is 0 Å². The number of pyridine rings is 1. The topological polar surface area (TPSA) is 150 Å². The second kappa shape index (κ2) is 11.2. The zero-order valence-corrected chi connectivity index (χ0v) is 20.2. The Kier molecular flexibility index (Phi) is 8.29. The number of hydrogen-bond acceptors (Lipinski definition) is 9. The highest BCUT2D eigenvalue weighted by atomic mass is 32.1. The molecule has 0 fully saturated rings. The van der Waals surface area contributed by atoms with Crippen LogP contribution in [-0.2, 0) is 6.54 Å². The van der Waals surface area contributed by atoms with E-state index < -0.39 is 29.7 Å². The molecule has 0 spiro atoms. The van der Waals surface area contributed by atoms with Crippen LogP contribution >= 0.6 is 11.3 Å². The molecule has 0 unspecified atom stereocenters. The summed E-state index contributed by atoms with van der Waals surface area (Å²) in [5, 5.41) is 13.4. The van der Waals surface area contributed by atoms with E-state index in [-0.39, 0.29) is 34.6 Å². The summed E-state index contributed by atoms with van der Waals surface area (Å²) in [6.45, 7) is -1.38. The molecule has 15 heteroatoms. The molecule has 0 aliphatic heterocycles. The number of nitro benzene ring substituents is 1. The van der Waals surface area contributed by atoms with Crippen LogP contribution in [0.25, 0.3) is 10.4 Å². The number of thiophene rings is 1. The van der Waals surface area contributed by atoms with Gasteiger partial charge in [-0.2, -0.15) is 18.2 Å². The van der Waals surface area contributed by atoms with Crippen LogP contribution in [0, 0.1) is 10.1 Å². The molecule has 37 heavy (non-hydrogen) atoms. The number of halogens is 3. The largest absolute Gasteiger partial charge is 0.468 e. The minimum atomic E-state index is -4.58. The molecule has 0 aliphatic rings. The van der Waals surface area contributed by atoms with Gasteiger partial charge >= 0.3 is 12.3 Å². The van der Waals surface area contributed by atoms with E-state index in [0.29, 0.717) is 16.0 Å². The number of carbonyl (C=O) groups is 2. The number of nitrogens with zero attached hydrogens (tertiary/aromatic N) is 3. The smallest absolute Gasteiger partial charge is 0.422 e. The number of primary amides is 1. The molecule has 0 radical (unpaired) electrons. The molecular formula is C22H20F3N5O6S. The predicted octanol–water partition coefficient (Wildman–Crippen LogP) is 4.43. The monoisotopic (exact) mass is 539 g/mol. The maximum absolute atomic E-state index is 13.3. The number of rotatable bonds is 9. The van der Waals surface area contributed by atoms with Crippen molar-refractivity contribution < 1.29 is 37.2 Å². The molecular weight excluding hydrogens is 519 g/mol. The SMILES string of the molecule is CN(C)Cc1c(-c2ccc([N+](=O)[O-])cc2)sc(OC(N)=O)c1C(=O)Nc1cccc(OCC(F)(F)F)n1. The van der Waals surface area contributed by atoms with Gasteiger partial charge in [-0.15, -0.1) is 0 Å². The first-order valence-electron chi connectivity index (χ1n) is 10.3. The summed E-state index contributed by atoms with van der Waals surface area (Å²) in [6, 6.07) is 9.42. The Labute approximate surface area is 211 Å². The summed E-state index contributed by atoms with van der Waals surface area (Å²) in [5.74, 6) is -1.26.